The van der Waals surface area contributed by atoms with Gasteiger partial charge in [0, 0.05) is 0 Å². The Hall–Kier alpha value is -1.34. The van der Waals surface area contributed by atoms with Gasteiger partial charge in [-0.15, -0.1) is 0 Å². The molecule has 1 aromatic carbocycles. The van der Waals surface area contributed by atoms with Crippen molar-refractivity contribution >= 4 is 5.57 Å². The molecule has 6 unspecified atom stereocenters. The topological polar surface area (TPSA) is 20.2 Å². The van der Waals surface area contributed by atoms with Gasteiger partial charge in [-0.05, 0) is 97.2 Å². The number of fused-ring (bicyclic) bond motifs is 5. The minimum absolute atomic E-state index is 0.101. The molecule has 0 aliphatic heterocycles. The summed E-state index contributed by atoms with van der Waals surface area (Å²) in [4.78, 5) is 0. The summed E-state index contributed by atoms with van der Waals surface area (Å²) in [6.45, 7) is 7.35. The van der Waals surface area contributed by atoms with E-state index in [4.69, 9.17) is 0 Å². The van der Waals surface area contributed by atoms with Crippen LogP contribution in [0.3, 0.4) is 0 Å². The molecule has 27 heavy (non-hydrogen) atoms. The molecule has 1 nitrogen and oxygen atoms in total. The largest absolute Gasteiger partial charge is 0.393 e. The van der Waals surface area contributed by atoms with Crippen LogP contribution in [-0.2, 0) is 0 Å². The zero-order valence-electron chi connectivity index (χ0n) is 17.2. The summed E-state index contributed by atoms with van der Waals surface area (Å²) in [6.07, 6.45) is 13.3. The van der Waals surface area contributed by atoms with Crippen molar-refractivity contribution in [2.45, 2.75) is 71.8 Å². The van der Waals surface area contributed by atoms with E-state index in [-0.39, 0.29) is 6.10 Å². The quantitative estimate of drug-likeness (QED) is 0.580. The molecule has 0 saturated heterocycles. The van der Waals surface area contributed by atoms with Crippen molar-refractivity contribution in [3.8, 4) is 0 Å². The second-order valence-electron chi connectivity index (χ2n) is 10.3. The van der Waals surface area contributed by atoms with Gasteiger partial charge in [0.25, 0.3) is 0 Å². The van der Waals surface area contributed by atoms with E-state index in [0.29, 0.717) is 10.8 Å². The highest BCUT2D eigenvalue weighted by molar-refractivity contribution is 5.75. The van der Waals surface area contributed by atoms with Crippen LogP contribution in [0, 0.1) is 35.5 Å². The number of benzene rings is 1. The van der Waals surface area contributed by atoms with Crippen LogP contribution in [0.15, 0.2) is 42.0 Å². The van der Waals surface area contributed by atoms with Crippen LogP contribution in [0.5, 0.6) is 0 Å². The Morgan fingerprint density at radius 1 is 0.926 bits per heavy atom. The zero-order valence-corrected chi connectivity index (χ0v) is 17.2. The van der Waals surface area contributed by atoms with Crippen LogP contribution in [0.25, 0.3) is 5.57 Å². The Morgan fingerprint density at radius 2 is 1.70 bits per heavy atom. The van der Waals surface area contributed by atoms with Gasteiger partial charge in [0.05, 0.1) is 6.10 Å². The summed E-state index contributed by atoms with van der Waals surface area (Å²) in [6, 6.07) is 8.97. The summed E-state index contributed by atoms with van der Waals surface area (Å²) in [5.41, 5.74) is 6.80. The average Bonchev–Trinajstić information content (AvgIpc) is 3.00. The van der Waals surface area contributed by atoms with E-state index in [1.165, 1.54) is 43.2 Å². The van der Waals surface area contributed by atoms with E-state index in [1.54, 1.807) is 11.1 Å². The van der Waals surface area contributed by atoms with Gasteiger partial charge in [-0.1, -0.05) is 55.8 Å². The van der Waals surface area contributed by atoms with Crippen LogP contribution in [-0.4, -0.2) is 11.2 Å². The zero-order chi connectivity index (χ0) is 18.8. The van der Waals surface area contributed by atoms with Crippen molar-refractivity contribution in [3.05, 3.63) is 53.1 Å². The second kappa shape index (κ2) is 6.08. The minimum Gasteiger partial charge on any atom is -0.393 e. The summed E-state index contributed by atoms with van der Waals surface area (Å²) < 4.78 is 0. The lowest BCUT2D eigenvalue weighted by Crippen LogP contribution is -2.49. The standard InChI is InChI=1S/C26H34O/c1-17-6-4-5-7-20(17)22-10-11-23-21-9-8-18-16-19(27)12-14-25(18,2)24(21)13-15-26(22,23)3/h4-8,10,19,21,23-24,27H,9,11-16H2,1-3H3. The fraction of sp³-hybridized carbons (Fsp3) is 0.615. The van der Waals surface area contributed by atoms with Gasteiger partial charge in [-0.3, -0.25) is 0 Å². The van der Waals surface area contributed by atoms with Gasteiger partial charge < -0.3 is 5.11 Å². The monoisotopic (exact) mass is 362 g/mol. The summed E-state index contributed by atoms with van der Waals surface area (Å²) >= 11 is 0. The van der Waals surface area contributed by atoms with Gasteiger partial charge in [0.2, 0.25) is 0 Å². The Labute approximate surface area is 164 Å². The van der Waals surface area contributed by atoms with Crippen LogP contribution < -0.4 is 0 Å². The molecule has 1 aromatic rings. The highest BCUT2D eigenvalue weighted by Gasteiger charge is 2.56. The van der Waals surface area contributed by atoms with Gasteiger partial charge in [0.15, 0.2) is 0 Å². The number of hydrogen-bond donors (Lipinski definition) is 1. The molecular formula is C26H34O. The highest BCUT2D eigenvalue weighted by Crippen LogP contribution is 2.66. The number of aryl methyl sites for hydroxylation is 1. The predicted octanol–water partition coefficient (Wildman–Crippen LogP) is 6.31. The molecule has 2 saturated carbocycles. The lowest BCUT2D eigenvalue weighted by atomic mass is 9.47. The van der Waals surface area contributed by atoms with Gasteiger partial charge in [-0.25, -0.2) is 0 Å². The molecule has 4 aliphatic carbocycles. The van der Waals surface area contributed by atoms with E-state index in [2.05, 4.69) is 57.2 Å². The Morgan fingerprint density at radius 3 is 2.52 bits per heavy atom. The Balaban J connectivity index is 1.49. The third-order valence-corrected chi connectivity index (χ3v) is 9.09. The van der Waals surface area contributed by atoms with Crippen LogP contribution in [0.1, 0.15) is 69.9 Å². The maximum absolute atomic E-state index is 10.2. The van der Waals surface area contributed by atoms with Crippen LogP contribution in [0.2, 0.25) is 0 Å². The highest BCUT2D eigenvalue weighted by atomic mass is 16.3. The lowest BCUT2D eigenvalue weighted by molar-refractivity contribution is -0.0238. The predicted molar refractivity (Wildman–Crippen MR) is 112 cm³/mol. The Bertz CT molecular complexity index is 817. The average molecular weight is 363 g/mol. The third-order valence-electron chi connectivity index (χ3n) is 9.09. The van der Waals surface area contributed by atoms with Crippen LogP contribution >= 0.6 is 0 Å². The number of rotatable bonds is 1. The van der Waals surface area contributed by atoms with Crippen molar-refractivity contribution in [2.24, 2.45) is 28.6 Å². The third kappa shape index (κ3) is 2.47. The molecule has 5 rings (SSSR count). The summed E-state index contributed by atoms with van der Waals surface area (Å²) in [7, 11) is 0. The van der Waals surface area contributed by atoms with Crippen molar-refractivity contribution < 1.29 is 5.11 Å². The normalized spacial score (nSPS) is 43.3. The number of aliphatic hydroxyl groups is 1. The smallest absolute Gasteiger partial charge is 0.0577 e. The molecule has 0 aromatic heterocycles. The maximum atomic E-state index is 10.2. The first kappa shape index (κ1) is 17.7. The van der Waals surface area contributed by atoms with E-state index in [9.17, 15) is 5.11 Å². The molecular weight excluding hydrogens is 328 g/mol. The Kier molecular flexibility index (Phi) is 3.99. The van der Waals surface area contributed by atoms with Gasteiger partial charge in [-0.2, -0.15) is 0 Å². The first-order valence-electron chi connectivity index (χ1n) is 11.1. The first-order chi connectivity index (χ1) is 12.9. The van der Waals surface area contributed by atoms with Crippen molar-refractivity contribution in [1.29, 1.82) is 0 Å². The van der Waals surface area contributed by atoms with Gasteiger partial charge in [0.1, 0.15) is 0 Å². The molecule has 0 bridgehead atoms. The van der Waals surface area contributed by atoms with Crippen molar-refractivity contribution in [3.63, 3.8) is 0 Å². The molecule has 0 heterocycles. The van der Waals surface area contributed by atoms with Crippen molar-refractivity contribution in [1.82, 2.24) is 0 Å². The molecule has 0 spiro atoms. The van der Waals surface area contributed by atoms with E-state index in [1.807, 2.05) is 0 Å². The molecule has 0 amide bonds. The maximum Gasteiger partial charge on any atom is 0.0577 e. The fourth-order valence-corrected chi connectivity index (χ4v) is 7.50. The molecule has 1 N–H and O–H groups in total. The molecule has 4 aliphatic rings. The minimum atomic E-state index is -0.101. The summed E-state index contributed by atoms with van der Waals surface area (Å²) in [5.74, 6) is 2.41. The van der Waals surface area contributed by atoms with Crippen LogP contribution in [0.4, 0.5) is 0 Å². The summed E-state index contributed by atoms with van der Waals surface area (Å²) in [5, 5.41) is 10.2. The van der Waals surface area contributed by atoms with Crippen molar-refractivity contribution in [2.75, 3.05) is 0 Å². The fourth-order valence-electron chi connectivity index (χ4n) is 7.50. The lowest BCUT2D eigenvalue weighted by Gasteiger charge is -2.57. The second-order valence-corrected chi connectivity index (χ2v) is 10.3. The van der Waals surface area contributed by atoms with E-state index in [0.717, 1.165) is 30.6 Å². The van der Waals surface area contributed by atoms with Gasteiger partial charge >= 0.3 is 0 Å². The molecule has 2 fully saturated rings. The van der Waals surface area contributed by atoms with E-state index >= 15 is 0 Å². The number of hydrogen-bond acceptors (Lipinski definition) is 1. The number of allylic oxidation sites excluding steroid dienone is 3. The molecule has 0 radical (unpaired) electrons. The van der Waals surface area contributed by atoms with E-state index < -0.39 is 0 Å². The molecule has 144 valence electrons. The number of aliphatic hydroxyl groups excluding tert-OH is 1. The molecule has 6 atom stereocenters. The SMILES string of the molecule is Cc1ccccc1C1=CCC2C3CC=C4CC(O)CCC4(C)C3CCC12C. The molecule has 1 heteroatoms. The first-order valence-corrected chi connectivity index (χ1v) is 11.1.